The number of amides is 2. The molecule has 0 aliphatic heterocycles. The van der Waals surface area contributed by atoms with Crippen LogP contribution in [0.2, 0.25) is 0 Å². The number of hydrogen-bond donors (Lipinski definition) is 3. The SMILES string of the molecule is CCCNC(=O)CNC(=O)c1cn(CCN)nn1. The zero-order chi connectivity index (χ0) is 13.4. The molecule has 0 atom stereocenters. The van der Waals surface area contributed by atoms with Crippen LogP contribution in [-0.2, 0) is 11.3 Å². The van der Waals surface area contributed by atoms with Crippen LogP contribution in [-0.4, -0.2) is 46.4 Å². The fraction of sp³-hybridized carbons (Fsp3) is 0.600. The van der Waals surface area contributed by atoms with E-state index in [1.807, 2.05) is 6.92 Å². The van der Waals surface area contributed by atoms with Crippen LogP contribution in [0.1, 0.15) is 23.8 Å². The van der Waals surface area contributed by atoms with E-state index in [4.69, 9.17) is 5.73 Å². The number of hydrogen-bond acceptors (Lipinski definition) is 5. The van der Waals surface area contributed by atoms with Crippen molar-refractivity contribution < 1.29 is 9.59 Å². The first-order valence-corrected chi connectivity index (χ1v) is 5.82. The minimum atomic E-state index is -0.426. The van der Waals surface area contributed by atoms with Crippen molar-refractivity contribution in [3.63, 3.8) is 0 Å². The van der Waals surface area contributed by atoms with Crippen LogP contribution in [0.25, 0.3) is 0 Å². The van der Waals surface area contributed by atoms with Crippen molar-refractivity contribution in [2.24, 2.45) is 5.73 Å². The van der Waals surface area contributed by atoms with Gasteiger partial charge >= 0.3 is 0 Å². The van der Waals surface area contributed by atoms with E-state index in [-0.39, 0.29) is 18.1 Å². The van der Waals surface area contributed by atoms with Gasteiger partial charge in [0.25, 0.3) is 5.91 Å². The molecule has 0 fully saturated rings. The number of carbonyl (C=O) groups excluding carboxylic acids is 2. The van der Waals surface area contributed by atoms with E-state index >= 15 is 0 Å². The molecule has 0 bridgehead atoms. The van der Waals surface area contributed by atoms with Crippen molar-refractivity contribution in [1.82, 2.24) is 25.6 Å². The smallest absolute Gasteiger partial charge is 0.273 e. The lowest BCUT2D eigenvalue weighted by molar-refractivity contribution is -0.120. The fourth-order valence-electron chi connectivity index (χ4n) is 1.22. The molecular weight excluding hydrogens is 236 g/mol. The zero-order valence-corrected chi connectivity index (χ0v) is 10.3. The number of nitrogens with zero attached hydrogens (tertiary/aromatic N) is 3. The summed E-state index contributed by atoms with van der Waals surface area (Å²) >= 11 is 0. The van der Waals surface area contributed by atoms with Gasteiger partial charge in [0.1, 0.15) is 0 Å². The van der Waals surface area contributed by atoms with E-state index in [0.29, 0.717) is 19.6 Å². The highest BCUT2D eigenvalue weighted by Gasteiger charge is 2.11. The second-order valence-electron chi connectivity index (χ2n) is 3.69. The average molecular weight is 254 g/mol. The third kappa shape index (κ3) is 4.50. The maximum atomic E-state index is 11.6. The molecule has 0 spiro atoms. The molecule has 4 N–H and O–H groups in total. The van der Waals surface area contributed by atoms with Gasteiger partial charge in [-0.25, -0.2) is 0 Å². The summed E-state index contributed by atoms with van der Waals surface area (Å²) in [7, 11) is 0. The van der Waals surface area contributed by atoms with Crippen molar-refractivity contribution in [2.75, 3.05) is 19.6 Å². The predicted octanol–water partition coefficient (Wildman–Crippen LogP) is -1.51. The van der Waals surface area contributed by atoms with Crippen LogP contribution in [0, 0.1) is 0 Å². The molecule has 0 aliphatic carbocycles. The Morgan fingerprint density at radius 3 is 2.89 bits per heavy atom. The van der Waals surface area contributed by atoms with Gasteiger partial charge in [0, 0.05) is 13.1 Å². The van der Waals surface area contributed by atoms with E-state index in [9.17, 15) is 9.59 Å². The number of aromatic nitrogens is 3. The Hall–Kier alpha value is -1.96. The van der Waals surface area contributed by atoms with Gasteiger partial charge in [-0.15, -0.1) is 5.10 Å². The van der Waals surface area contributed by atoms with Gasteiger partial charge in [-0.3, -0.25) is 14.3 Å². The van der Waals surface area contributed by atoms with Crippen molar-refractivity contribution in [1.29, 1.82) is 0 Å². The summed E-state index contributed by atoms with van der Waals surface area (Å²) in [5, 5.41) is 12.5. The summed E-state index contributed by atoms with van der Waals surface area (Å²) in [5.74, 6) is -0.649. The first-order chi connectivity index (χ1) is 8.67. The van der Waals surface area contributed by atoms with Crippen molar-refractivity contribution in [3.05, 3.63) is 11.9 Å². The summed E-state index contributed by atoms with van der Waals surface area (Å²) < 4.78 is 1.48. The number of nitrogens with one attached hydrogen (secondary N) is 2. The molecular formula is C10H18N6O2. The standard InChI is InChI=1S/C10H18N6O2/c1-2-4-12-9(17)6-13-10(18)8-7-16(5-3-11)15-14-8/h7H,2-6,11H2,1H3,(H,12,17)(H,13,18). The molecule has 0 aliphatic rings. The van der Waals surface area contributed by atoms with Crippen molar-refractivity contribution in [3.8, 4) is 0 Å². The van der Waals surface area contributed by atoms with E-state index in [0.717, 1.165) is 6.42 Å². The van der Waals surface area contributed by atoms with Crippen LogP contribution in [0.4, 0.5) is 0 Å². The number of rotatable bonds is 7. The van der Waals surface area contributed by atoms with Gasteiger partial charge < -0.3 is 16.4 Å². The highest BCUT2D eigenvalue weighted by atomic mass is 16.2. The highest BCUT2D eigenvalue weighted by Crippen LogP contribution is 1.92. The van der Waals surface area contributed by atoms with Gasteiger partial charge in [0.2, 0.25) is 5.91 Å². The minimum Gasteiger partial charge on any atom is -0.355 e. The summed E-state index contributed by atoms with van der Waals surface area (Å²) in [5.41, 5.74) is 5.52. The monoisotopic (exact) mass is 254 g/mol. The second kappa shape index (κ2) is 7.38. The molecule has 1 aromatic heterocycles. The lowest BCUT2D eigenvalue weighted by Crippen LogP contribution is -2.37. The van der Waals surface area contributed by atoms with Gasteiger partial charge in [0.15, 0.2) is 5.69 Å². The zero-order valence-electron chi connectivity index (χ0n) is 10.3. The lowest BCUT2D eigenvalue weighted by atomic mass is 10.4. The lowest BCUT2D eigenvalue weighted by Gasteiger charge is -2.03. The maximum Gasteiger partial charge on any atom is 0.273 e. The van der Waals surface area contributed by atoms with Crippen LogP contribution in [0.15, 0.2) is 6.20 Å². The van der Waals surface area contributed by atoms with E-state index in [1.165, 1.54) is 10.9 Å². The van der Waals surface area contributed by atoms with Crippen molar-refractivity contribution >= 4 is 11.8 Å². The summed E-state index contributed by atoms with van der Waals surface area (Å²) in [4.78, 5) is 22.9. The Morgan fingerprint density at radius 1 is 1.44 bits per heavy atom. The predicted molar refractivity (Wildman–Crippen MR) is 64.7 cm³/mol. The van der Waals surface area contributed by atoms with Crippen LogP contribution < -0.4 is 16.4 Å². The molecule has 1 rings (SSSR count). The van der Waals surface area contributed by atoms with Crippen molar-refractivity contribution in [2.45, 2.75) is 19.9 Å². The topological polar surface area (TPSA) is 115 Å². The van der Waals surface area contributed by atoms with E-state index < -0.39 is 5.91 Å². The van der Waals surface area contributed by atoms with Gasteiger partial charge in [0.05, 0.1) is 19.3 Å². The van der Waals surface area contributed by atoms with E-state index in [2.05, 4.69) is 20.9 Å². The summed E-state index contributed by atoms with van der Waals surface area (Å²) in [6, 6.07) is 0. The molecule has 8 heteroatoms. The Morgan fingerprint density at radius 2 is 2.22 bits per heavy atom. The largest absolute Gasteiger partial charge is 0.355 e. The number of carbonyl (C=O) groups is 2. The minimum absolute atomic E-state index is 0.0669. The molecule has 0 saturated carbocycles. The van der Waals surface area contributed by atoms with Gasteiger partial charge in [-0.05, 0) is 6.42 Å². The Balaban J connectivity index is 2.37. The maximum absolute atomic E-state index is 11.6. The molecule has 0 radical (unpaired) electrons. The molecule has 1 heterocycles. The normalized spacial score (nSPS) is 10.1. The molecule has 0 aromatic carbocycles. The summed E-state index contributed by atoms with van der Waals surface area (Å²) in [6.07, 6.45) is 2.35. The first-order valence-electron chi connectivity index (χ1n) is 5.82. The van der Waals surface area contributed by atoms with E-state index in [1.54, 1.807) is 0 Å². The average Bonchev–Trinajstić information content (AvgIpc) is 2.82. The fourth-order valence-corrected chi connectivity index (χ4v) is 1.22. The quantitative estimate of drug-likeness (QED) is 0.547. The Bertz CT molecular complexity index is 403. The Kier molecular flexibility index (Phi) is 5.78. The highest BCUT2D eigenvalue weighted by molar-refractivity contribution is 5.94. The first kappa shape index (κ1) is 14.1. The third-order valence-electron chi connectivity index (χ3n) is 2.11. The molecule has 18 heavy (non-hydrogen) atoms. The van der Waals surface area contributed by atoms with Gasteiger partial charge in [-0.1, -0.05) is 12.1 Å². The van der Waals surface area contributed by atoms with Gasteiger partial charge in [-0.2, -0.15) is 0 Å². The van der Waals surface area contributed by atoms with Crippen LogP contribution in [0.3, 0.4) is 0 Å². The summed E-state index contributed by atoms with van der Waals surface area (Å²) in [6.45, 7) is 3.40. The Labute approximate surface area is 105 Å². The molecule has 100 valence electrons. The molecule has 1 aromatic rings. The molecule has 8 nitrogen and oxygen atoms in total. The third-order valence-corrected chi connectivity index (χ3v) is 2.11. The second-order valence-corrected chi connectivity index (χ2v) is 3.69. The van der Waals surface area contributed by atoms with Crippen LogP contribution in [0.5, 0.6) is 0 Å². The molecule has 0 saturated heterocycles. The molecule has 0 unspecified atom stereocenters. The van der Waals surface area contributed by atoms with Crippen LogP contribution >= 0.6 is 0 Å². The number of nitrogens with two attached hydrogens (primary N) is 1. The molecule has 2 amide bonds.